The lowest BCUT2D eigenvalue weighted by Crippen LogP contribution is -2.48. The van der Waals surface area contributed by atoms with Gasteiger partial charge in [-0.15, -0.1) is 12.3 Å². The Bertz CT molecular complexity index is 219. The molecule has 0 amide bonds. The average molecular weight is 222 g/mol. The minimum absolute atomic E-state index is 0.729. The monoisotopic (exact) mass is 222 g/mol. The molecule has 1 aliphatic rings. The number of rotatable bonds is 6. The van der Waals surface area contributed by atoms with Crippen LogP contribution in [0.5, 0.6) is 0 Å². The molecule has 0 bridgehead atoms. The van der Waals surface area contributed by atoms with E-state index < -0.39 is 0 Å². The summed E-state index contributed by atoms with van der Waals surface area (Å²) in [5, 5.41) is 3.58. The molecule has 1 fully saturated rings. The molecule has 16 heavy (non-hydrogen) atoms. The average Bonchev–Trinajstić information content (AvgIpc) is 2.28. The smallest absolute Gasteiger partial charge is 0.0117 e. The van der Waals surface area contributed by atoms with E-state index in [1.165, 1.54) is 38.9 Å². The highest BCUT2D eigenvalue weighted by Crippen LogP contribution is 2.17. The fourth-order valence-electron chi connectivity index (χ4n) is 2.56. The van der Waals surface area contributed by atoms with E-state index in [9.17, 15) is 0 Å². The van der Waals surface area contributed by atoms with Crippen LogP contribution in [-0.2, 0) is 0 Å². The molecule has 1 saturated heterocycles. The summed E-state index contributed by atoms with van der Waals surface area (Å²) in [6.07, 6.45) is 9.91. The topological polar surface area (TPSA) is 15.3 Å². The highest BCUT2D eigenvalue weighted by atomic mass is 15.1. The molecule has 2 atom stereocenters. The predicted octanol–water partition coefficient (Wildman–Crippen LogP) is 2.11. The van der Waals surface area contributed by atoms with E-state index in [1.54, 1.807) is 0 Å². The molecular formula is C14H26N2. The summed E-state index contributed by atoms with van der Waals surface area (Å²) in [5.74, 6) is 3.49. The second kappa shape index (κ2) is 7.70. The van der Waals surface area contributed by atoms with Gasteiger partial charge in [-0.1, -0.05) is 13.8 Å². The van der Waals surface area contributed by atoms with Crippen molar-refractivity contribution in [2.24, 2.45) is 5.92 Å². The van der Waals surface area contributed by atoms with Crippen molar-refractivity contribution in [1.82, 2.24) is 10.2 Å². The van der Waals surface area contributed by atoms with E-state index in [0.717, 1.165) is 24.9 Å². The Morgan fingerprint density at radius 2 is 2.25 bits per heavy atom. The van der Waals surface area contributed by atoms with Gasteiger partial charge >= 0.3 is 0 Å². The third-order valence-electron chi connectivity index (χ3n) is 3.50. The van der Waals surface area contributed by atoms with Gasteiger partial charge in [-0.05, 0) is 44.8 Å². The van der Waals surface area contributed by atoms with Crippen LogP contribution in [0.15, 0.2) is 0 Å². The van der Waals surface area contributed by atoms with Crippen molar-refractivity contribution >= 4 is 0 Å². The molecular weight excluding hydrogens is 196 g/mol. The molecule has 2 unspecified atom stereocenters. The van der Waals surface area contributed by atoms with E-state index in [-0.39, 0.29) is 0 Å². The van der Waals surface area contributed by atoms with Crippen molar-refractivity contribution < 1.29 is 0 Å². The SMILES string of the molecule is C#CCCCCN1CCC(NCC)C(C)C1. The first-order chi connectivity index (χ1) is 7.77. The third-order valence-corrected chi connectivity index (χ3v) is 3.50. The summed E-state index contributed by atoms with van der Waals surface area (Å²) < 4.78 is 0. The molecule has 92 valence electrons. The first-order valence-corrected chi connectivity index (χ1v) is 6.67. The second-order valence-corrected chi connectivity index (χ2v) is 4.89. The van der Waals surface area contributed by atoms with Gasteiger partial charge in [0.15, 0.2) is 0 Å². The zero-order chi connectivity index (χ0) is 11.8. The quantitative estimate of drug-likeness (QED) is 0.547. The standard InChI is InChI=1S/C14H26N2/c1-4-6-7-8-10-16-11-9-14(15-5-2)13(3)12-16/h1,13-15H,5-12H2,2-3H3. The molecule has 1 heterocycles. The van der Waals surface area contributed by atoms with Crippen LogP contribution in [0.1, 0.15) is 39.5 Å². The molecule has 1 N–H and O–H groups in total. The number of likely N-dealkylation sites (tertiary alicyclic amines) is 1. The number of hydrogen-bond donors (Lipinski definition) is 1. The van der Waals surface area contributed by atoms with Crippen molar-refractivity contribution in [3.63, 3.8) is 0 Å². The second-order valence-electron chi connectivity index (χ2n) is 4.89. The van der Waals surface area contributed by atoms with E-state index in [4.69, 9.17) is 6.42 Å². The maximum atomic E-state index is 5.25. The molecule has 2 nitrogen and oxygen atoms in total. The molecule has 1 aliphatic heterocycles. The van der Waals surface area contributed by atoms with Crippen LogP contribution in [0.2, 0.25) is 0 Å². The largest absolute Gasteiger partial charge is 0.314 e. The lowest BCUT2D eigenvalue weighted by Gasteiger charge is -2.37. The lowest BCUT2D eigenvalue weighted by molar-refractivity contribution is 0.146. The van der Waals surface area contributed by atoms with Gasteiger partial charge in [0.05, 0.1) is 0 Å². The summed E-state index contributed by atoms with van der Waals surface area (Å²) in [6.45, 7) is 9.37. The highest BCUT2D eigenvalue weighted by Gasteiger charge is 2.24. The van der Waals surface area contributed by atoms with Gasteiger partial charge in [0.2, 0.25) is 0 Å². The van der Waals surface area contributed by atoms with Crippen LogP contribution in [0.4, 0.5) is 0 Å². The van der Waals surface area contributed by atoms with Crippen molar-refractivity contribution in [3.8, 4) is 12.3 Å². The van der Waals surface area contributed by atoms with Crippen LogP contribution in [-0.4, -0.2) is 37.1 Å². The van der Waals surface area contributed by atoms with Crippen LogP contribution in [0, 0.1) is 18.3 Å². The molecule has 0 aromatic rings. The maximum Gasteiger partial charge on any atom is 0.0117 e. The fourth-order valence-corrected chi connectivity index (χ4v) is 2.56. The van der Waals surface area contributed by atoms with E-state index in [2.05, 4.69) is 30.0 Å². The van der Waals surface area contributed by atoms with Crippen molar-refractivity contribution in [1.29, 1.82) is 0 Å². The van der Waals surface area contributed by atoms with Gasteiger partial charge in [-0.2, -0.15) is 0 Å². The van der Waals surface area contributed by atoms with Crippen LogP contribution in [0.3, 0.4) is 0 Å². The molecule has 2 heteroatoms. The van der Waals surface area contributed by atoms with Gasteiger partial charge in [-0.25, -0.2) is 0 Å². The number of nitrogens with one attached hydrogen (secondary N) is 1. The summed E-state index contributed by atoms with van der Waals surface area (Å²) >= 11 is 0. The summed E-state index contributed by atoms with van der Waals surface area (Å²) in [4.78, 5) is 2.59. The van der Waals surface area contributed by atoms with Crippen molar-refractivity contribution in [3.05, 3.63) is 0 Å². The lowest BCUT2D eigenvalue weighted by atomic mass is 9.93. The number of unbranched alkanes of at least 4 members (excludes halogenated alkanes) is 2. The summed E-state index contributed by atoms with van der Waals surface area (Å²) in [6, 6.07) is 0.729. The Morgan fingerprint density at radius 3 is 2.88 bits per heavy atom. The minimum Gasteiger partial charge on any atom is -0.314 e. The van der Waals surface area contributed by atoms with Crippen molar-refractivity contribution in [2.75, 3.05) is 26.2 Å². The Labute approximate surface area is 101 Å². The fraction of sp³-hybridized carbons (Fsp3) is 0.857. The van der Waals surface area contributed by atoms with Gasteiger partial charge in [-0.3, -0.25) is 0 Å². The molecule has 0 saturated carbocycles. The highest BCUT2D eigenvalue weighted by molar-refractivity contribution is 4.84. The summed E-state index contributed by atoms with van der Waals surface area (Å²) in [7, 11) is 0. The Morgan fingerprint density at radius 1 is 1.44 bits per heavy atom. The predicted molar refractivity (Wildman–Crippen MR) is 70.4 cm³/mol. The van der Waals surface area contributed by atoms with Gasteiger partial charge < -0.3 is 10.2 Å². The Kier molecular flexibility index (Phi) is 6.52. The number of nitrogens with zero attached hydrogens (tertiary/aromatic N) is 1. The maximum absolute atomic E-state index is 5.25. The van der Waals surface area contributed by atoms with E-state index in [0.29, 0.717) is 0 Å². The summed E-state index contributed by atoms with van der Waals surface area (Å²) in [5.41, 5.74) is 0. The number of hydrogen-bond acceptors (Lipinski definition) is 2. The first kappa shape index (κ1) is 13.5. The van der Waals surface area contributed by atoms with Crippen molar-refractivity contribution in [2.45, 2.75) is 45.6 Å². The molecule has 0 spiro atoms. The van der Waals surface area contributed by atoms with Crippen LogP contribution >= 0.6 is 0 Å². The normalized spacial score (nSPS) is 26.6. The molecule has 0 aliphatic carbocycles. The van der Waals surface area contributed by atoms with Gasteiger partial charge in [0, 0.05) is 19.0 Å². The van der Waals surface area contributed by atoms with Crippen LogP contribution in [0.25, 0.3) is 0 Å². The zero-order valence-corrected chi connectivity index (χ0v) is 10.8. The molecule has 0 radical (unpaired) electrons. The van der Waals surface area contributed by atoms with Gasteiger partial charge in [0.25, 0.3) is 0 Å². The zero-order valence-electron chi connectivity index (χ0n) is 10.8. The molecule has 0 aromatic heterocycles. The Balaban J connectivity index is 2.16. The minimum atomic E-state index is 0.729. The third kappa shape index (κ3) is 4.55. The molecule has 1 rings (SSSR count). The number of piperidine rings is 1. The first-order valence-electron chi connectivity index (χ1n) is 6.67. The number of terminal acetylenes is 1. The van der Waals surface area contributed by atoms with E-state index >= 15 is 0 Å². The Hall–Kier alpha value is -0.520. The van der Waals surface area contributed by atoms with Gasteiger partial charge in [0.1, 0.15) is 0 Å². The van der Waals surface area contributed by atoms with Crippen LogP contribution < -0.4 is 5.32 Å². The van der Waals surface area contributed by atoms with E-state index in [1.807, 2.05) is 0 Å². The molecule has 0 aromatic carbocycles.